The van der Waals surface area contributed by atoms with Crippen LogP contribution in [0.25, 0.3) is 34.0 Å². The second-order valence-electron chi connectivity index (χ2n) is 31.1. The standard InChI is InChI=1S/C33H51N5O5Si.C23H38BNO5.C16H25ClN4O2Si/c1-12-33(13-2,30(39)43-32(6,7)8)21-41-28-18-24(5)26(20-35-28)27-15-14-25(19-34-27)29-36-31(42-23(3)4)38(37-29)22-40-16-17-44(9,10)11;1-11-23(12-2,19(26)28-20(4,5)6)15-27-18-13-16(3)17(14-25-18)24-29-21(7,8)22(9,10)30-24;1-12(2)23-16-19-15(13-6-7-14(17)18-10-13)20-21(16)11-22-8-9-24(3,4)5/h14-15,18-20,23H,12-13,16-17,21-22H2,1-11H3;13-14H,11-12,15H2,1-10H3;6-7,10,12H,8-9,11H2,1-5H3. The van der Waals surface area contributed by atoms with Gasteiger partial charge in [0.1, 0.15) is 53.9 Å². The van der Waals surface area contributed by atoms with Crippen LogP contribution in [0.4, 0.5) is 0 Å². The SMILES string of the molecule is CC(C)Oc1nc(-c2ccc(Cl)nc2)nn1COCC[Si](C)(C)C.CCC(CC)(COc1cc(C)c(-c2ccc(-c3nc(OC(C)C)n(COCC[Si](C)(C)C)n3)cn2)cn1)C(=O)OC(C)(C)C.CCC(CC)(COc1cc(C)c(B2OC(C)(C)C(C)(C)O2)cn1)C(=O)OC(C)(C)C. The topological polar surface area (TPSA) is 239 Å². The third kappa shape index (κ3) is 24.8. The van der Waals surface area contributed by atoms with Gasteiger partial charge < -0.3 is 47.2 Å². The molecular formula is C72H114BClN10O12Si2. The van der Waals surface area contributed by atoms with Crippen molar-refractivity contribution in [1.29, 1.82) is 0 Å². The van der Waals surface area contributed by atoms with Gasteiger partial charge >= 0.3 is 31.1 Å². The molecule has 98 heavy (non-hydrogen) atoms. The van der Waals surface area contributed by atoms with Gasteiger partial charge in [0.2, 0.25) is 11.8 Å². The molecule has 0 unspecified atom stereocenters. The Balaban J connectivity index is 0.000000280. The van der Waals surface area contributed by atoms with Gasteiger partial charge in [0, 0.05) is 88.4 Å². The molecule has 0 amide bonds. The molecule has 0 bridgehead atoms. The lowest BCUT2D eigenvalue weighted by molar-refractivity contribution is -0.171. The third-order valence-corrected chi connectivity index (χ3v) is 20.4. The molecule has 7 heterocycles. The quantitative estimate of drug-likeness (QED) is 0.0176. The zero-order valence-electron chi connectivity index (χ0n) is 63.7. The third-order valence-electron chi connectivity index (χ3n) is 16.7. The summed E-state index contributed by atoms with van der Waals surface area (Å²) in [6, 6.07) is 14.2. The highest BCUT2D eigenvalue weighted by molar-refractivity contribution is 6.76. The van der Waals surface area contributed by atoms with Crippen molar-refractivity contribution in [1.82, 2.24) is 49.5 Å². The van der Waals surface area contributed by atoms with Gasteiger partial charge in [0.15, 0.2) is 11.6 Å². The van der Waals surface area contributed by atoms with Crippen molar-refractivity contribution in [2.75, 3.05) is 26.4 Å². The monoisotopic (exact) mass is 1410 g/mol. The fourth-order valence-corrected chi connectivity index (χ4v) is 11.1. The molecule has 0 radical (unpaired) electrons. The molecule has 0 saturated carbocycles. The molecule has 0 aliphatic carbocycles. The number of hydrogen-bond acceptors (Lipinski definition) is 20. The van der Waals surface area contributed by atoms with Crippen LogP contribution in [0.15, 0.2) is 61.2 Å². The first kappa shape index (κ1) is 82.3. The first-order chi connectivity index (χ1) is 45.5. The van der Waals surface area contributed by atoms with Gasteiger partial charge in [-0.25, -0.2) is 15.0 Å². The molecule has 1 aliphatic rings. The predicted molar refractivity (Wildman–Crippen MR) is 393 cm³/mol. The number of aromatic nitrogens is 10. The van der Waals surface area contributed by atoms with E-state index in [0.29, 0.717) is 86.2 Å². The highest BCUT2D eigenvalue weighted by atomic mass is 35.5. The Morgan fingerprint density at radius 1 is 0.582 bits per heavy atom. The van der Waals surface area contributed by atoms with Crippen LogP contribution in [0.1, 0.15) is 161 Å². The smallest absolute Gasteiger partial charge is 0.476 e. The Labute approximate surface area is 591 Å². The lowest BCUT2D eigenvalue weighted by atomic mass is 9.77. The summed E-state index contributed by atoms with van der Waals surface area (Å²) < 4.78 is 62.3. The van der Waals surface area contributed by atoms with Crippen LogP contribution in [0.3, 0.4) is 0 Å². The van der Waals surface area contributed by atoms with Crippen LogP contribution in [0, 0.1) is 24.7 Å². The first-order valence-electron chi connectivity index (χ1n) is 34.4. The average Bonchev–Trinajstić information content (AvgIpc) is 1.60. The van der Waals surface area contributed by atoms with E-state index >= 15 is 0 Å². The van der Waals surface area contributed by atoms with E-state index in [-0.39, 0.29) is 44.1 Å². The predicted octanol–water partition coefficient (Wildman–Crippen LogP) is 15.6. The number of pyridine rings is 4. The number of nitrogens with zero attached hydrogens (tertiary/aromatic N) is 10. The lowest BCUT2D eigenvalue weighted by Gasteiger charge is -2.32. The largest absolute Gasteiger partial charge is 0.496 e. The van der Waals surface area contributed by atoms with Crippen LogP contribution in [0.5, 0.6) is 23.8 Å². The van der Waals surface area contributed by atoms with Gasteiger partial charge in [0.05, 0.1) is 29.1 Å². The molecule has 26 heteroatoms. The molecule has 1 saturated heterocycles. The van der Waals surface area contributed by atoms with E-state index in [9.17, 15) is 9.59 Å². The number of rotatable bonds is 30. The summed E-state index contributed by atoms with van der Waals surface area (Å²) >= 11 is 5.83. The number of hydrogen-bond donors (Lipinski definition) is 0. The molecule has 7 rings (SSSR count). The van der Waals surface area contributed by atoms with E-state index in [1.165, 1.54) is 0 Å². The lowest BCUT2D eigenvalue weighted by Crippen LogP contribution is -2.41. The maximum atomic E-state index is 13.0. The van der Waals surface area contributed by atoms with E-state index < -0.39 is 56.5 Å². The molecule has 0 spiro atoms. The summed E-state index contributed by atoms with van der Waals surface area (Å²) in [7, 11) is -2.77. The van der Waals surface area contributed by atoms with Crippen LogP contribution < -0.4 is 24.4 Å². The van der Waals surface area contributed by atoms with Crippen molar-refractivity contribution in [3.05, 3.63) is 77.5 Å². The molecular weight excluding hydrogens is 1300 g/mol. The van der Waals surface area contributed by atoms with Gasteiger partial charge in [-0.3, -0.25) is 14.6 Å². The van der Waals surface area contributed by atoms with Crippen molar-refractivity contribution in [3.8, 4) is 57.8 Å². The molecule has 1 fully saturated rings. The van der Waals surface area contributed by atoms with Crippen molar-refractivity contribution >= 4 is 52.3 Å². The average molecular weight is 1410 g/mol. The van der Waals surface area contributed by atoms with Crippen LogP contribution in [-0.2, 0) is 51.3 Å². The summed E-state index contributed by atoms with van der Waals surface area (Å²) in [6.45, 7) is 55.4. The second kappa shape index (κ2) is 34.8. The van der Waals surface area contributed by atoms with Gasteiger partial charge in [-0.1, -0.05) is 78.6 Å². The number of esters is 2. The normalized spacial score (nSPS) is 14.2. The molecule has 1 aliphatic heterocycles. The molecule has 6 aromatic rings. The number of carbonyl (C=O) groups excluding carboxylic acids is 2. The molecule has 542 valence electrons. The summed E-state index contributed by atoms with van der Waals surface area (Å²) in [5, 5.41) is 9.57. The zero-order chi connectivity index (χ0) is 73.4. The highest BCUT2D eigenvalue weighted by Crippen LogP contribution is 2.38. The molecule has 0 aromatic carbocycles. The fraction of sp³-hybridized carbons (Fsp3) is 0.639. The molecule has 0 atom stereocenters. The molecule has 0 N–H and O–H groups in total. The minimum absolute atomic E-state index is 0.00567. The van der Waals surface area contributed by atoms with E-state index in [0.717, 1.165) is 51.1 Å². The first-order valence-corrected chi connectivity index (χ1v) is 42.2. The number of aryl methyl sites for hydroxylation is 2. The van der Waals surface area contributed by atoms with Crippen LogP contribution >= 0.6 is 11.6 Å². The van der Waals surface area contributed by atoms with Gasteiger partial charge in [-0.15, -0.1) is 10.2 Å². The van der Waals surface area contributed by atoms with Crippen molar-refractivity contribution in [3.63, 3.8) is 0 Å². The van der Waals surface area contributed by atoms with Gasteiger partial charge in [0.25, 0.3) is 0 Å². The Bertz CT molecular complexity index is 3480. The van der Waals surface area contributed by atoms with Crippen LogP contribution in [0.2, 0.25) is 56.5 Å². The van der Waals surface area contributed by atoms with E-state index in [2.05, 4.69) is 79.4 Å². The van der Waals surface area contributed by atoms with Crippen molar-refractivity contribution in [2.45, 2.75) is 264 Å². The number of ether oxygens (including phenoxy) is 8. The Hall–Kier alpha value is -6.35. The minimum atomic E-state index is -1.19. The summed E-state index contributed by atoms with van der Waals surface area (Å²) in [5.74, 6) is 1.52. The molecule has 6 aromatic heterocycles. The number of carbonyl (C=O) groups is 2. The minimum Gasteiger partial charge on any atom is -0.476 e. The van der Waals surface area contributed by atoms with E-state index in [1.54, 1.807) is 40.2 Å². The van der Waals surface area contributed by atoms with E-state index in [4.69, 9.17) is 58.8 Å². The summed E-state index contributed by atoms with van der Waals surface area (Å²) in [6.07, 6.45) is 9.31. The van der Waals surface area contributed by atoms with Crippen LogP contribution in [-0.4, -0.2) is 146 Å². The van der Waals surface area contributed by atoms with Crippen molar-refractivity contribution in [2.24, 2.45) is 10.8 Å². The van der Waals surface area contributed by atoms with Gasteiger partial charge in [-0.05, 0) is 184 Å². The van der Waals surface area contributed by atoms with Crippen molar-refractivity contribution < 1.29 is 56.8 Å². The summed E-state index contributed by atoms with van der Waals surface area (Å²) in [4.78, 5) is 52.6. The second-order valence-corrected chi connectivity index (χ2v) is 42.8. The Morgan fingerprint density at radius 2 is 0.990 bits per heavy atom. The highest BCUT2D eigenvalue weighted by Gasteiger charge is 2.52. The maximum absolute atomic E-state index is 13.0. The number of halogens is 1. The maximum Gasteiger partial charge on any atom is 0.496 e. The zero-order valence-corrected chi connectivity index (χ0v) is 66.5. The summed E-state index contributed by atoms with van der Waals surface area (Å²) in [5.41, 5.74) is 2.65. The molecule has 22 nitrogen and oxygen atoms in total. The van der Waals surface area contributed by atoms with E-state index in [1.807, 2.05) is 169 Å². The van der Waals surface area contributed by atoms with Gasteiger partial charge in [-0.2, -0.15) is 19.3 Å². The fourth-order valence-electron chi connectivity index (χ4n) is 9.43. The Kier molecular flexibility index (Phi) is 29.2. The Morgan fingerprint density at radius 3 is 1.34 bits per heavy atom.